The van der Waals surface area contributed by atoms with E-state index in [-0.39, 0.29) is 0 Å². The Morgan fingerprint density at radius 3 is 2.70 bits per heavy atom. The first-order chi connectivity index (χ1) is 9.75. The molecule has 104 valence electrons. The van der Waals surface area contributed by atoms with Crippen LogP contribution in [0.25, 0.3) is 0 Å². The molecule has 20 heavy (non-hydrogen) atoms. The summed E-state index contributed by atoms with van der Waals surface area (Å²) < 4.78 is 0.939. The average Bonchev–Trinajstić information content (AvgIpc) is 2.51. The fraction of sp³-hybridized carbons (Fsp3) is 0.250. The fourth-order valence-electron chi connectivity index (χ4n) is 2.65. The van der Waals surface area contributed by atoms with E-state index in [1.165, 1.54) is 11.3 Å². The molecule has 1 fully saturated rings. The highest BCUT2D eigenvalue weighted by Crippen LogP contribution is 2.32. The number of piperazine rings is 1. The number of rotatable bonds is 2. The molecule has 1 N–H and O–H groups in total. The van der Waals surface area contributed by atoms with Gasteiger partial charge in [-0.2, -0.15) is 0 Å². The van der Waals surface area contributed by atoms with E-state index in [1.807, 2.05) is 12.1 Å². The van der Waals surface area contributed by atoms with Gasteiger partial charge in [-0.25, -0.2) is 0 Å². The maximum Gasteiger partial charge on any atom is 0.0667 e. The Labute approximate surface area is 132 Å². The van der Waals surface area contributed by atoms with Gasteiger partial charge in [0.15, 0.2) is 0 Å². The van der Waals surface area contributed by atoms with E-state index in [2.05, 4.69) is 62.5 Å². The minimum atomic E-state index is 0.349. The molecule has 0 amide bonds. The number of nitrogens with one attached hydrogen (secondary N) is 1. The van der Waals surface area contributed by atoms with Crippen molar-refractivity contribution in [2.24, 2.45) is 0 Å². The first-order valence-corrected chi connectivity index (χ1v) is 7.90. The van der Waals surface area contributed by atoms with Crippen molar-refractivity contribution in [3.63, 3.8) is 0 Å². The van der Waals surface area contributed by atoms with Gasteiger partial charge in [-0.05, 0) is 39.7 Å². The van der Waals surface area contributed by atoms with Gasteiger partial charge in [-0.3, -0.25) is 0 Å². The smallest absolute Gasteiger partial charge is 0.0667 e. The summed E-state index contributed by atoms with van der Waals surface area (Å²) in [5.41, 5.74) is 2.51. The SMILES string of the molecule is Clc1cc(N2CCNCC2c2ccccc2)ccc1Br. The van der Waals surface area contributed by atoms with Gasteiger partial charge >= 0.3 is 0 Å². The molecule has 1 atom stereocenters. The van der Waals surface area contributed by atoms with Gasteiger partial charge in [0, 0.05) is 29.8 Å². The van der Waals surface area contributed by atoms with Crippen LogP contribution < -0.4 is 10.2 Å². The quantitative estimate of drug-likeness (QED) is 0.870. The Hall–Kier alpha value is -1.03. The lowest BCUT2D eigenvalue weighted by Gasteiger charge is -2.38. The molecule has 3 rings (SSSR count). The zero-order valence-corrected chi connectivity index (χ0v) is 13.4. The predicted octanol–water partition coefficient (Wildman–Crippen LogP) is 4.25. The first-order valence-electron chi connectivity index (χ1n) is 6.73. The number of anilines is 1. The topological polar surface area (TPSA) is 15.3 Å². The molecule has 0 bridgehead atoms. The van der Waals surface area contributed by atoms with Gasteiger partial charge in [0.25, 0.3) is 0 Å². The first kappa shape index (κ1) is 13.9. The van der Waals surface area contributed by atoms with Gasteiger partial charge in [-0.1, -0.05) is 41.9 Å². The molecule has 1 aliphatic heterocycles. The number of benzene rings is 2. The van der Waals surface area contributed by atoms with E-state index in [1.54, 1.807) is 0 Å². The normalized spacial score (nSPS) is 19.1. The second kappa shape index (κ2) is 6.17. The monoisotopic (exact) mass is 350 g/mol. The van der Waals surface area contributed by atoms with Crippen LogP contribution >= 0.6 is 27.5 Å². The summed E-state index contributed by atoms with van der Waals surface area (Å²) in [6.07, 6.45) is 0. The fourth-order valence-corrected chi connectivity index (χ4v) is 3.07. The van der Waals surface area contributed by atoms with E-state index in [4.69, 9.17) is 11.6 Å². The summed E-state index contributed by atoms with van der Waals surface area (Å²) in [4.78, 5) is 2.42. The average molecular weight is 352 g/mol. The van der Waals surface area contributed by atoms with Crippen LogP contribution in [0.3, 0.4) is 0 Å². The molecule has 4 heteroatoms. The number of nitrogens with zero attached hydrogens (tertiary/aromatic N) is 1. The lowest BCUT2D eigenvalue weighted by Crippen LogP contribution is -2.46. The van der Waals surface area contributed by atoms with E-state index >= 15 is 0 Å². The van der Waals surface area contributed by atoms with Crippen molar-refractivity contribution < 1.29 is 0 Å². The lowest BCUT2D eigenvalue weighted by atomic mass is 10.0. The van der Waals surface area contributed by atoms with Gasteiger partial charge < -0.3 is 10.2 Å². The molecule has 1 heterocycles. The number of halogens is 2. The van der Waals surface area contributed by atoms with E-state index < -0.39 is 0 Å². The van der Waals surface area contributed by atoms with Gasteiger partial charge in [-0.15, -0.1) is 0 Å². The minimum absolute atomic E-state index is 0.349. The second-order valence-corrected chi connectivity index (χ2v) is 6.18. The zero-order valence-electron chi connectivity index (χ0n) is 11.0. The molecule has 0 aromatic heterocycles. The predicted molar refractivity (Wildman–Crippen MR) is 88.6 cm³/mol. The van der Waals surface area contributed by atoms with Crippen molar-refractivity contribution >= 4 is 33.2 Å². The molecular formula is C16H16BrClN2. The standard InChI is InChI=1S/C16H16BrClN2/c17-14-7-6-13(10-15(14)18)20-9-8-19-11-16(20)12-4-2-1-3-5-12/h1-7,10,16,19H,8-9,11H2. The van der Waals surface area contributed by atoms with Crippen LogP contribution in [0.15, 0.2) is 53.0 Å². The van der Waals surface area contributed by atoms with Crippen LogP contribution in [0.5, 0.6) is 0 Å². The second-order valence-electron chi connectivity index (χ2n) is 4.92. The van der Waals surface area contributed by atoms with Crippen molar-refractivity contribution in [2.75, 3.05) is 24.5 Å². The maximum absolute atomic E-state index is 6.24. The van der Waals surface area contributed by atoms with Crippen LogP contribution in [0, 0.1) is 0 Å². The summed E-state index contributed by atoms with van der Waals surface area (Å²) >= 11 is 9.69. The Morgan fingerprint density at radius 1 is 1.15 bits per heavy atom. The third-order valence-corrected chi connectivity index (χ3v) is 4.90. The molecule has 2 aromatic carbocycles. The van der Waals surface area contributed by atoms with Crippen molar-refractivity contribution in [1.29, 1.82) is 0 Å². The molecule has 2 aromatic rings. The summed E-state index contributed by atoms with van der Waals surface area (Å²) in [6, 6.07) is 17.1. The third-order valence-electron chi connectivity index (χ3n) is 3.66. The molecule has 2 nitrogen and oxygen atoms in total. The lowest BCUT2D eigenvalue weighted by molar-refractivity contribution is 0.490. The maximum atomic E-state index is 6.24. The third kappa shape index (κ3) is 2.85. The highest BCUT2D eigenvalue weighted by molar-refractivity contribution is 9.10. The molecule has 1 aliphatic rings. The van der Waals surface area contributed by atoms with E-state index in [9.17, 15) is 0 Å². The van der Waals surface area contributed by atoms with Crippen LogP contribution in [-0.2, 0) is 0 Å². The summed E-state index contributed by atoms with van der Waals surface area (Å²) in [6.45, 7) is 2.94. The minimum Gasteiger partial charge on any atom is -0.362 e. The summed E-state index contributed by atoms with van der Waals surface area (Å²) in [5.74, 6) is 0. The summed E-state index contributed by atoms with van der Waals surface area (Å²) in [5, 5.41) is 4.23. The van der Waals surface area contributed by atoms with Crippen molar-refractivity contribution in [1.82, 2.24) is 5.32 Å². The van der Waals surface area contributed by atoms with E-state index in [0.717, 1.165) is 29.1 Å². The largest absolute Gasteiger partial charge is 0.362 e. The Bertz CT molecular complexity index is 588. The van der Waals surface area contributed by atoms with Gasteiger partial charge in [0.2, 0.25) is 0 Å². The highest BCUT2D eigenvalue weighted by Gasteiger charge is 2.24. The molecule has 1 saturated heterocycles. The van der Waals surface area contributed by atoms with Crippen molar-refractivity contribution in [3.8, 4) is 0 Å². The molecule has 0 spiro atoms. The number of hydrogen-bond acceptors (Lipinski definition) is 2. The van der Waals surface area contributed by atoms with Crippen molar-refractivity contribution in [3.05, 3.63) is 63.6 Å². The molecule has 0 aliphatic carbocycles. The Balaban J connectivity index is 1.94. The zero-order chi connectivity index (χ0) is 13.9. The molecule has 0 saturated carbocycles. The van der Waals surface area contributed by atoms with Crippen LogP contribution in [-0.4, -0.2) is 19.6 Å². The molecule has 1 unspecified atom stereocenters. The molecular weight excluding hydrogens is 336 g/mol. The summed E-state index contributed by atoms with van der Waals surface area (Å²) in [7, 11) is 0. The van der Waals surface area contributed by atoms with Gasteiger partial charge in [0.1, 0.15) is 0 Å². The Morgan fingerprint density at radius 2 is 1.95 bits per heavy atom. The van der Waals surface area contributed by atoms with Crippen LogP contribution in [0.2, 0.25) is 5.02 Å². The van der Waals surface area contributed by atoms with Crippen LogP contribution in [0.4, 0.5) is 5.69 Å². The van der Waals surface area contributed by atoms with Crippen LogP contribution in [0.1, 0.15) is 11.6 Å². The highest BCUT2D eigenvalue weighted by atomic mass is 79.9. The van der Waals surface area contributed by atoms with Gasteiger partial charge in [0.05, 0.1) is 11.1 Å². The molecule has 0 radical (unpaired) electrons. The van der Waals surface area contributed by atoms with Crippen molar-refractivity contribution in [2.45, 2.75) is 6.04 Å². The Kier molecular flexibility index (Phi) is 4.29. The number of hydrogen-bond donors (Lipinski definition) is 1. The van der Waals surface area contributed by atoms with E-state index in [0.29, 0.717) is 6.04 Å².